The van der Waals surface area contributed by atoms with Gasteiger partial charge in [0.25, 0.3) is 0 Å². The summed E-state index contributed by atoms with van der Waals surface area (Å²) in [6.07, 6.45) is 5.08. The predicted molar refractivity (Wildman–Crippen MR) is 53.6 cm³/mol. The maximum atomic E-state index is 5.77. The Morgan fingerprint density at radius 3 is 2.25 bits per heavy atom. The Morgan fingerprint density at radius 2 is 1.92 bits per heavy atom. The largest absolute Gasteiger partial charge is 0.354 e. The van der Waals surface area contributed by atoms with Crippen LogP contribution in [0.5, 0.6) is 0 Å². The Labute approximate surface area is 76.7 Å². The third-order valence-electron chi connectivity index (χ3n) is 2.65. The predicted octanol–water partition coefficient (Wildman–Crippen LogP) is 1.16. The minimum Gasteiger partial charge on any atom is -0.354 e. The van der Waals surface area contributed by atoms with Crippen molar-refractivity contribution in [1.29, 1.82) is 0 Å². The van der Waals surface area contributed by atoms with Crippen LogP contribution in [0.25, 0.3) is 0 Å². The molecule has 0 saturated carbocycles. The maximum Gasteiger partial charge on any atom is 0.0996 e. The van der Waals surface area contributed by atoms with Crippen LogP contribution >= 0.6 is 0 Å². The van der Waals surface area contributed by atoms with E-state index in [0.717, 1.165) is 5.92 Å². The van der Waals surface area contributed by atoms with Crippen LogP contribution in [0.1, 0.15) is 46.5 Å². The molecule has 0 spiro atoms. The zero-order chi connectivity index (χ0) is 9.56. The van der Waals surface area contributed by atoms with Gasteiger partial charge in [0, 0.05) is 6.42 Å². The normalized spacial score (nSPS) is 18.8. The van der Waals surface area contributed by atoms with Crippen molar-refractivity contribution in [3.8, 4) is 0 Å². The summed E-state index contributed by atoms with van der Waals surface area (Å²) in [7, 11) is 0. The van der Waals surface area contributed by atoms with Gasteiger partial charge in [-0.05, 0) is 12.8 Å². The molecule has 0 rings (SSSR count). The standard InChI is InChI=1S/C10H24N2/c1-4-6-9(5-2)7-10(12)8(3)11/h8-10H,4-7,11-12H2,1-3H3/p+1. The van der Waals surface area contributed by atoms with Gasteiger partial charge in [0.2, 0.25) is 0 Å². The summed E-state index contributed by atoms with van der Waals surface area (Å²) in [5.41, 5.74) is 9.86. The molecule has 5 N–H and O–H groups in total. The van der Waals surface area contributed by atoms with E-state index in [9.17, 15) is 0 Å². The van der Waals surface area contributed by atoms with Crippen molar-refractivity contribution in [2.75, 3.05) is 0 Å². The second-order valence-electron chi connectivity index (χ2n) is 3.92. The third-order valence-corrected chi connectivity index (χ3v) is 2.65. The molecule has 2 nitrogen and oxygen atoms in total. The first-order chi connectivity index (χ1) is 5.61. The second-order valence-corrected chi connectivity index (χ2v) is 3.92. The van der Waals surface area contributed by atoms with Gasteiger partial charge in [0.1, 0.15) is 0 Å². The molecule has 0 aliphatic rings. The van der Waals surface area contributed by atoms with Crippen LogP contribution in [0, 0.1) is 5.92 Å². The van der Waals surface area contributed by atoms with Crippen LogP contribution in [0.4, 0.5) is 0 Å². The lowest BCUT2D eigenvalue weighted by atomic mass is 9.91. The van der Waals surface area contributed by atoms with Crippen molar-refractivity contribution in [3.05, 3.63) is 0 Å². The highest BCUT2D eigenvalue weighted by Gasteiger charge is 2.16. The molecule has 0 heterocycles. The van der Waals surface area contributed by atoms with Crippen LogP contribution in [0.2, 0.25) is 0 Å². The van der Waals surface area contributed by atoms with Crippen LogP contribution in [0.3, 0.4) is 0 Å². The summed E-state index contributed by atoms with van der Waals surface area (Å²) in [5, 5.41) is 0. The summed E-state index contributed by atoms with van der Waals surface area (Å²) in [4.78, 5) is 0. The van der Waals surface area contributed by atoms with Crippen molar-refractivity contribution in [3.63, 3.8) is 0 Å². The molecule has 3 atom stereocenters. The van der Waals surface area contributed by atoms with Gasteiger partial charge in [0.05, 0.1) is 12.1 Å². The maximum absolute atomic E-state index is 5.77. The van der Waals surface area contributed by atoms with E-state index in [4.69, 9.17) is 5.73 Å². The molecular formula is C10H25N2+. The molecular weight excluding hydrogens is 148 g/mol. The first-order valence-corrected chi connectivity index (χ1v) is 5.20. The van der Waals surface area contributed by atoms with Gasteiger partial charge >= 0.3 is 0 Å². The van der Waals surface area contributed by atoms with Gasteiger partial charge in [-0.2, -0.15) is 0 Å². The summed E-state index contributed by atoms with van der Waals surface area (Å²) in [6, 6.07) is 0.678. The van der Waals surface area contributed by atoms with E-state index in [2.05, 4.69) is 26.5 Å². The number of hydrogen-bond acceptors (Lipinski definition) is 1. The van der Waals surface area contributed by atoms with E-state index in [-0.39, 0.29) is 6.04 Å². The monoisotopic (exact) mass is 173 g/mol. The average molecular weight is 173 g/mol. The first kappa shape index (κ1) is 11.9. The van der Waals surface area contributed by atoms with Crippen molar-refractivity contribution < 1.29 is 5.73 Å². The van der Waals surface area contributed by atoms with Crippen molar-refractivity contribution >= 4 is 0 Å². The molecule has 0 amide bonds. The Hall–Kier alpha value is -0.0800. The highest BCUT2D eigenvalue weighted by Crippen LogP contribution is 2.16. The minimum absolute atomic E-state index is 0.246. The average Bonchev–Trinajstić information content (AvgIpc) is 2.03. The van der Waals surface area contributed by atoms with Gasteiger partial charge in [-0.1, -0.05) is 33.1 Å². The molecule has 0 saturated heterocycles. The van der Waals surface area contributed by atoms with Crippen LogP contribution < -0.4 is 11.5 Å². The zero-order valence-electron chi connectivity index (χ0n) is 8.84. The van der Waals surface area contributed by atoms with Crippen LogP contribution in [-0.2, 0) is 0 Å². The highest BCUT2D eigenvalue weighted by molar-refractivity contribution is 4.69. The van der Waals surface area contributed by atoms with Crippen molar-refractivity contribution in [2.45, 2.75) is 58.5 Å². The molecule has 0 radical (unpaired) electrons. The number of nitrogens with two attached hydrogens (primary N) is 1. The Bertz CT molecular complexity index is 102. The summed E-state index contributed by atoms with van der Waals surface area (Å²) in [6.45, 7) is 6.55. The SMILES string of the molecule is CCCC(CC)CC([NH3+])C(C)N. The molecule has 0 aliphatic heterocycles. The smallest absolute Gasteiger partial charge is 0.0996 e. The van der Waals surface area contributed by atoms with Gasteiger partial charge in [-0.15, -0.1) is 0 Å². The van der Waals surface area contributed by atoms with Gasteiger partial charge in [-0.3, -0.25) is 0 Å². The van der Waals surface area contributed by atoms with E-state index in [1.807, 2.05) is 0 Å². The number of rotatable bonds is 6. The second kappa shape index (κ2) is 6.44. The van der Waals surface area contributed by atoms with Crippen LogP contribution in [0.15, 0.2) is 0 Å². The first-order valence-electron chi connectivity index (χ1n) is 5.20. The lowest BCUT2D eigenvalue weighted by Crippen LogP contribution is -2.68. The molecule has 74 valence electrons. The Balaban J connectivity index is 3.68. The van der Waals surface area contributed by atoms with E-state index in [1.165, 1.54) is 25.7 Å². The van der Waals surface area contributed by atoms with E-state index < -0.39 is 0 Å². The fourth-order valence-corrected chi connectivity index (χ4v) is 1.54. The summed E-state index contributed by atoms with van der Waals surface area (Å²) >= 11 is 0. The molecule has 0 aromatic carbocycles. The molecule has 0 bridgehead atoms. The molecule has 0 aromatic heterocycles. The molecule has 0 aliphatic carbocycles. The lowest BCUT2D eigenvalue weighted by Gasteiger charge is -2.19. The van der Waals surface area contributed by atoms with Crippen molar-refractivity contribution in [1.82, 2.24) is 0 Å². The van der Waals surface area contributed by atoms with Gasteiger partial charge in [-0.25, -0.2) is 0 Å². The lowest BCUT2D eigenvalue weighted by molar-refractivity contribution is -0.427. The highest BCUT2D eigenvalue weighted by atomic mass is 14.8. The summed E-state index contributed by atoms with van der Waals surface area (Å²) < 4.78 is 0. The van der Waals surface area contributed by atoms with E-state index in [1.54, 1.807) is 0 Å². The topological polar surface area (TPSA) is 53.7 Å². The summed E-state index contributed by atoms with van der Waals surface area (Å²) in [5.74, 6) is 0.837. The van der Waals surface area contributed by atoms with E-state index >= 15 is 0 Å². The fraction of sp³-hybridized carbons (Fsp3) is 1.00. The Morgan fingerprint density at radius 1 is 1.33 bits per heavy atom. The van der Waals surface area contributed by atoms with Gasteiger partial charge < -0.3 is 11.5 Å². The third kappa shape index (κ3) is 4.73. The number of hydrogen-bond donors (Lipinski definition) is 2. The molecule has 3 unspecified atom stereocenters. The van der Waals surface area contributed by atoms with Gasteiger partial charge in [0.15, 0.2) is 0 Å². The quantitative estimate of drug-likeness (QED) is 0.622. The van der Waals surface area contributed by atoms with Crippen LogP contribution in [-0.4, -0.2) is 12.1 Å². The molecule has 0 fully saturated rings. The Kier molecular flexibility index (Phi) is 6.39. The molecule has 0 aromatic rings. The molecule has 2 heteroatoms. The number of quaternary nitrogens is 1. The fourth-order valence-electron chi connectivity index (χ4n) is 1.54. The van der Waals surface area contributed by atoms with E-state index in [0.29, 0.717) is 6.04 Å². The molecule has 12 heavy (non-hydrogen) atoms. The van der Waals surface area contributed by atoms with Crippen molar-refractivity contribution in [2.24, 2.45) is 11.7 Å². The zero-order valence-corrected chi connectivity index (χ0v) is 8.84. The minimum atomic E-state index is 0.246.